The van der Waals surface area contributed by atoms with Crippen LogP contribution in [0.5, 0.6) is 0 Å². The largest absolute Gasteiger partial charge is 0.356 e. The van der Waals surface area contributed by atoms with Crippen molar-refractivity contribution in [1.82, 2.24) is 14.7 Å². The maximum Gasteiger partial charge on any atom is 0.332 e. The molecule has 0 atom stereocenters. The number of rotatable bonds is 0. The maximum absolute atomic E-state index is 12.8. The summed E-state index contributed by atoms with van der Waals surface area (Å²) in [4.78, 5) is 29.4. The lowest BCUT2D eigenvalue weighted by atomic mass is 10.00. The zero-order chi connectivity index (χ0) is 17.0. The minimum Gasteiger partial charge on any atom is -0.356 e. The SMILES string of the molecule is CC(C)(C)N1C(=O)N(C(C)(C)C)C(O)N(C(C)(C)C)C1=O. The summed E-state index contributed by atoms with van der Waals surface area (Å²) in [7, 11) is 0. The van der Waals surface area contributed by atoms with Crippen LogP contribution in [0.25, 0.3) is 0 Å². The Morgan fingerprint density at radius 3 is 1.19 bits per heavy atom. The van der Waals surface area contributed by atoms with E-state index in [1.54, 1.807) is 0 Å². The molecule has 0 aromatic heterocycles. The Labute approximate surface area is 127 Å². The first-order valence-corrected chi connectivity index (χ1v) is 7.25. The predicted octanol–water partition coefficient (Wildman–Crippen LogP) is 2.82. The summed E-state index contributed by atoms with van der Waals surface area (Å²) in [5, 5.41) is 10.6. The smallest absolute Gasteiger partial charge is 0.332 e. The molecule has 0 bridgehead atoms. The Morgan fingerprint density at radius 1 is 0.714 bits per heavy atom. The Balaban J connectivity index is 3.46. The molecule has 0 unspecified atom stereocenters. The average molecular weight is 299 g/mol. The van der Waals surface area contributed by atoms with Crippen molar-refractivity contribution in [2.75, 3.05) is 0 Å². The van der Waals surface area contributed by atoms with Crippen molar-refractivity contribution < 1.29 is 14.7 Å². The van der Waals surface area contributed by atoms with Crippen molar-refractivity contribution >= 4 is 12.1 Å². The van der Waals surface area contributed by atoms with Crippen LogP contribution in [-0.2, 0) is 0 Å². The predicted molar refractivity (Wildman–Crippen MR) is 81.6 cm³/mol. The molecule has 6 heteroatoms. The highest BCUT2D eigenvalue weighted by atomic mass is 16.3. The van der Waals surface area contributed by atoms with Crippen LogP contribution in [0.3, 0.4) is 0 Å². The molecule has 0 spiro atoms. The second-order valence-electron chi connectivity index (χ2n) is 8.50. The van der Waals surface area contributed by atoms with E-state index >= 15 is 0 Å². The number of amides is 4. The zero-order valence-corrected chi connectivity index (χ0v) is 14.7. The van der Waals surface area contributed by atoms with Gasteiger partial charge in [0.25, 0.3) is 0 Å². The van der Waals surface area contributed by atoms with Gasteiger partial charge < -0.3 is 5.11 Å². The van der Waals surface area contributed by atoms with E-state index in [1.165, 1.54) is 14.7 Å². The van der Waals surface area contributed by atoms with E-state index in [4.69, 9.17) is 0 Å². The fraction of sp³-hybridized carbons (Fsp3) is 0.867. The molecule has 1 aliphatic heterocycles. The van der Waals surface area contributed by atoms with Gasteiger partial charge in [-0.3, -0.25) is 9.80 Å². The molecule has 4 amide bonds. The van der Waals surface area contributed by atoms with Crippen LogP contribution in [0.2, 0.25) is 0 Å². The van der Waals surface area contributed by atoms with Crippen molar-refractivity contribution in [2.24, 2.45) is 0 Å². The summed E-state index contributed by atoms with van der Waals surface area (Å²) in [5.74, 6) is 0. The number of imide groups is 1. The third kappa shape index (κ3) is 3.15. The molecule has 1 rings (SSSR count). The Bertz CT molecular complexity index is 407. The van der Waals surface area contributed by atoms with E-state index < -0.39 is 35.0 Å². The molecule has 6 nitrogen and oxygen atoms in total. The van der Waals surface area contributed by atoms with Crippen LogP contribution < -0.4 is 0 Å². The number of hydrogen-bond acceptors (Lipinski definition) is 3. The lowest BCUT2D eigenvalue weighted by Crippen LogP contribution is -2.75. The van der Waals surface area contributed by atoms with Gasteiger partial charge in [0.2, 0.25) is 6.35 Å². The third-order valence-electron chi connectivity index (χ3n) is 3.37. The first-order valence-electron chi connectivity index (χ1n) is 7.25. The molecule has 0 aromatic carbocycles. The highest BCUT2D eigenvalue weighted by Gasteiger charge is 2.53. The number of carbonyl (C=O) groups is 2. The molecule has 0 radical (unpaired) electrons. The molecule has 1 saturated heterocycles. The van der Waals surface area contributed by atoms with E-state index in [1.807, 2.05) is 62.3 Å². The van der Waals surface area contributed by atoms with Crippen LogP contribution in [0, 0.1) is 0 Å². The molecule has 1 N–H and O–H groups in total. The summed E-state index contributed by atoms with van der Waals surface area (Å²) in [5.41, 5.74) is -1.88. The first kappa shape index (κ1) is 17.8. The van der Waals surface area contributed by atoms with Gasteiger partial charge in [-0.2, -0.15) is 0 Å². The van der Waals surface area contributed by atoms with Gasteiger partial charge in [-0.15, -0.1) is 0 Å². The van der Waals surface area contributed by atoms with Crippen LogP contribution >= 0.6 is 0 Å². The molecular weight excluding hydrogens is 270 g/mol. The van der Waals surface area contributed by atoms with E-state index in [-0.39, 0.29) is 0 Å². The quantitative estimate of drug-likeness (QED) is 0.748. The summed E-state index contributed by atoms with van der Waals surface area (Å²) in [6.07, 6.45) is -1.27. The lowest BCUT2D eigenvalue weighted by molar-refractivity contribution is -0.153. The molecule has 0 aromatic rings. The van der Waals surface area contributed by atoms with Crippen molar-refractivity contribution in [3.8, 4) is 0 Å². The minimum atomic E-state index is -1.27. The van der Waals surface area contributed by atoms with Crippen molar-refractivity contribution in [1.29, 1.82) is 0 Å². The molecule has 1 aliphatic rings. The van der Waals surface area contributed by atoms with Gasteiger partial charge in [-0.25, -0.2) is 14.5 Å². The number of aliphatic hydroxyl groups excluding tert-OH is 1. The van der Waals surface area contributed by atoms with Gasteiger partial charge in [0, 0.05) is 16.6 Å². The fourth-order valence-electron chi connectivity index (χ4n) is 2.45. The molecule has 1 fully saturated rings. The zero-order valence-electron chi connectivity index (χ0n) is 14.7. The number of nitrogens with zero attached hydrogens (tertiary/aromatic N) is 3. The topological polar surface area (TPSA) is 64.1 Å². The van der Waals surface area contributed by atoms with Gasteiger partial charge in [-0.05, 0) is 62.3 Å². The Kier molecular flexibility index (Phi) is 4.11. The molecule has 21 heavy (non-hydrogen) atoms. The monoisotopic (exact) mass is 299 g/mol. The summed E-state index contributed by atoms with van der Waals surface area (Å²) >= 11 is 0. The molecule has 0 saturated carbocycles. The summed E-state index contributed by atoms with van der Waals surface area (Å²) < 4.78 is 0. The van der Waals surface area contributed by atoms with Crippen LogP contribution in [0.4, 0.5) is 9.59 Å². The van der Waals surface area contributed by atoms with Gasteiger partial charge in [0.1, 0.15) is 0 Å². The number of urea groups is 2. The van der Waals surface area contributed by atoms with E-state index in [9.17, 15) is 14.7 Å². The number of aliphatic hydroxyl groups is 1. The average Bonchev–Trinajstić information content (AvgIpc) is 2.07. The Hall–Kier alpha value is -1.30. The molecule has 1 heterocycles. The highest BCUT2D eigenvalue weighted by molar-refractivity contribution is 5.97. The lowest BCUT2D eigenvalue weighted by Gasteiger charge is -2.55. The van der Waals surface area contributed by atoms with Crippen LogP contribution in [0.1, 0.15) is 62.3 Å². The molecule has 122 valence electrons. The minimum absolute atomic E-state index is 0.465. The second-order valence-corrected chi connectivity index (χ2v) is 8.50. The summed E-state index contributed by atoms with van der Waals surface area (Å²) in [6.45, 7) is 16.5. The van der Waals surface area contributed by atoms with E-state index in [2.05, 4.69) is 0 Å². The maximum atomic E-state index is 12.8. The van der Waals surface area contributed by atoms with Gasteiger partial charge in [0.15, 0.2) is 0 Å². The second kappa shape index (κ2) is 4.87. The van der Waals surface area contributed by atoms with Crippen LogP contribution in [0.15, 0.2) is 0 Å². The van der Waals surface area contributed by atoms with Crippen LogP contribution in [-0.4, -0.2) is 54.8 Å². The number of carbonyl (C=O) groups excluding carboxylic acids is 2. The first-order chi connectivity index (χ1) is 9.10. The molecule has 0 aliphatic carbocycles. The standard InChI is InChI=1S/C15H29N3O3/c1-13(2,3)16-10(19)17(14(4,5)6)12(21)18(11(16)20)15(7,8)9/h10,19H,1-9H3. The third-order valence-corrected chi connectivity index (χ3v) is 3.37. The van der Waals surface area contributed by atoms with E-state index in [0.29, 0.717) is 0 Å². The van der Waals surface area contributed by atoms with E-state index in [0.717, 1.165) is 0 Å². The van der Waals surface area contributed by atoms with Gasteiger partial charge >= 0.3 is 12.1 Å². The normalized spacial score (nSPS) is 19.6. The summed E-state index contributed by atoms with van der Waals surface area (Å²) in [6, 6.07) is -0.930. The highest BCUT2D eigenvalue weighted by Crippen LogP contribution is 2.34. The fourth-order valence-corrected chi connectivity index (χ4v) is 2.45. The van der Waals surface area contributed by atoms with Gasteiger partial charge in [-0.1, -0.05) is 0 Å². The van der Waals surface area contributed by atoms with Gasteiger partial charge in [0.05, 0.1) is 0 Å². The number of hydrogen-bond donors (Lipinski definition) is 1. The van der Waals surface area contributed by atoms with Crippen molar-refractivity contribution in [3.63, 3.8) is 0 Å². The van der Waals surface area contributed by atoms with Crippen molar-refractivity contribution in [3.05, 3.63) is 0 Å². The molecular formula is C15H29N3O3. The Morgan fingerprint density at radius 2 is 1.00 bits per heavy atom. The van der Waals surface area contributed by atoms with Crippen molar-refractivity contribution in [2.45, 2.75) is 85.3 Å².